The average Bonchev–Trinajstić information content (AvgIpc) is 3.24. The first-order valence-corrected chi connectivity index (χ1v) is 28.3. The maximum atomic E-state index is 12.9. The van der Waals surface area contributed by atoms with Crippen molar-refractivity contribution < 1.29 is 32.9 Å². The van der Waals surface area contributed by atoms with Gasteiger partial charge in [-0.05, 0) is 44.9 Å². The van der Waals surface area contributed by atoms with Gasteiger partial charge in [0, 0.05) is 6.42 Å². The summed E-state index contributed by atoms with van der Waals surface area (Å²) in [4.78, 5) is 25.5. The van der Waals surface area contributed by atoms with Gasteiger partial charge in [0.2, 0.25) is 5.91 Å². The van der Waals surface area contributed by atoms with E-state index >= 15 is 0 Å². The highest BCUT2D eigenvalue weighted by atomic mass is 31.2. The lowest BCUT2D eigenvalue weighted by Crippen LogP contribution is -2.46. The van der Waals surface area contributed by atoms with E-state index in [1.807, 2.05) is 21.1 Å². The molecule has 8 nitrogen and oxygen atoms in total. The third-order valence-corrected chi connectivity index (χ3v) is 13.1. The summed E-state index contributed by atoms with van der Waals surface area (Å²) in [5.74, 6) is -0.173. The van der Waals surface area contributed by atoms with Crippen LogP contribution in [0.1, 0.15) is 251 Å². The van der Waals surface area contributed by atoms with E-state index < -0.39 is 20.0 Å². The number of quaternary nitrogens is 1. The summed E-state index contributed by atoms with van der Waals surface area (Å²) in [6.07, 6.45) is 57.4. The third kappa shape index (κ3) is 48.5. The minimum Gasteiger partial charge on any atom is -0.756 e. The van der Waals surface area contributed by atoms with Crippen molar-refractivity contribution in [1.29, 1.82) is 0 Å². The minimum atomic E-state index is -4.57. The van der Waals surface area contributed by atoms with Gasteiger partial charge >= 0.3 is 0 Å². The van der Waals surface area contributed by atoms with E-state index in [-0.39, 0.29) is 19.1 Å². The van der Waals surface area contributed by atoms with Crippen LogP contribution in [0.25, 0.3) is 0 Å². The second kappa shape index (κ2) is 45.9. The maximum Gasteiger partial charge on any atom is 0.268 e. The van der Waals surface area contributed by atoms with Gasteiger partial charge in [-0.3, -0.25) is 9.36 Å². The topological polar surface area (TPSA) is 108 Å². The van der Waals surface area contributed by atoms with Crippen molar-refractivity contribution in [3.8, 4) is 0 Å². The molecule has 0 aromatic heterocycles. The van der Waals surface area contributed by atoms with Gasteiger partial charge in [-0.25, -0.2) is 0 Å². The molecule has 0 fully saturated rings. The van der Waals surface area contributed by atoms with Crippen LogP contribution in [0.4, 0.5) is 0 Å². The average molecular weight is 909 g/mol. The minimum absolute atomic E-state index is 0.00981. The monoisotopic (exact) mass is 909 g/mol. The molecule has 0 spiro atoms. The number of aliphatic hydroxyl groups is 1. The zero-order chi connectivity index (χ0) is 46.4. The fraction of sp³-hybridized carbons (Fsp3) is 0.870. The zero-order valence-electron chi connectivity index (χ0n) is 42.3. The first-order valence-electron chi connectivity index (χ1n) is 26.8. The second-order valence-electron chi connectivity index (χ2n) is 19.6. The summed E-state index contributed by atoms with van der Waals surface area (Å²) in [6.45, 7) is 4.63. The second-order valence-corrected chi connectivity index (χ2v) is 21.0. The predicted octanol–water partition coefficient (Wildman–Crippen LogP) is 15.2. The molecule has 0 rings (SSSR count). The lowest BCUT2D eigenvalue weighted by Gasteiger charge is -2.30. The fourth-order valence-corrected chi connectivity index (χ4v) is 8.66. The van der Waals surface area contributed by atoms with E-state index in [1.54, 1.807) is 0 Å². The summed E-state index contributed by atoms with van der Waals surface area (Å²) in [5, 5.41) is 14.0. The molecule has 0 aromatic rings. The van der Waals surface area contributed by atoms with Gasteiger partial charge < -0.3 is 28.8 Å². The van der Waals surface area contributed by atoms with E-state index in [9.17, 15) is 19.4 Å². The number of phosphoric acid groups is 1. The van der Waals surface area contributed by atoms with Crippen molar-refractivity contribution in [3.05, 3.63) is 36.5 Å². The molecule has 1 amide bonds. The highest BCUT2D eigenvalue weighted by Gasteiger charge is 2.24. The van der Waals surface area contributed by atoms with Crippen molar-refractivity contribution >= 4 is 13.7 Å². The number of rotatable bonds is 49. The van der Waals surface area contributed by atoms with E-state index in [0.717, 1.165) is 64.2 Å². The Bertz CT molecular complexity index is 1120. The Hall–Kier alpha value is -1.28. The first-order chi connectivity index (χ1) is 30.5. The molecule has 0 saturated heterocycles. The number of allylic oxidation sites excluding steroid dienone is 6. The van der Waals surface area contributed by atoms with Gasteiger partial charge in [0.05, 0.1) is 39.9 Å². The summed E-state index contributed by atoms with van der Waals surface area (Å²) < 4.78 is 23.4. The number of amides is 1. The zero-order valence-corrected chi connectivity index (χ0v) is 43.2. The molecule has 2 N–H and O–H groups in total. The van der Waals surface area contributed by atoms with Crippen molar-refractivity contribution in [3.63, 3.8) is 0 Å². The molecule has 0 saturated carbocycles. The highest BCUT2D eigenvalue weighted by molar-refractivity contribution is 7.45. The number of unbranched alkanes of at least 4 members (excludes halogenated alkanes) is 30. The molecule has 372 valence electrons. The number of nitrogens with one attached hydrogen (secondary N) is 1. The van der Waals surface area contributed by atoms with Gasteiger partial charge in [-0.15, -0.1) is 0 Å². The molecule has 0 aliphatic carbocycles. The number of carbonyl (C=O) groups is 1. The van der Waals surface area contributed by atoms with Crippen LogP contribution in [0.3, 0.4) is 0 Å². The highest BCUT2D eigenvalue weighted by Crippen LogP contribution is 2.38. The summed E-state index contributed by atoms with van der Waals surface area (Å²) >= 11 is 0. The Morgan fingerprint density at radius 2 is 0.968 bits per heavy atom. The Labute approximate surface area is 391 Å². The standard InChI is InChI=1S/C54H105N2O6P/c1-6-8-10-12-14-16-18-20-22-24-25-26-27-28-29-30-32-33-35-37-39-41-43-45-47-53(57)52(51-62-63(59,60)61-50-49-56(3,4)5)55-54(58)48-46-44-42-40-38-36-34-31-23-21-19-17-15-13-11-9-7-2/h9,11,15,17,21,23,52-53,57H,6-8,10,12-14,16,18-20,22,24-51H2,1-5H3,(H-,55,58,59,60)/b11-9-,17-15-,23-21-. The molecular weight excluding hydrogens is 804 g/mol. The molecule has 0 heterocycles. The quantitative estimate of drug-likeness (QED) is 0.0272. The van der Waals surface area contributed by atoms with E-state index in [1.165, 1.54) is 161 Å². The van der Waals surface area contributed by atoms with E-state index in [4.69, 9.17) is 9.05 Å². The summed E-state index contributed by atoms with van der Waals surface area (Å²) in [6, 6.07) is -0.806. The van der Waals surface area contributed by atoms with E-state index in [0.29, 0.717) is 23.9 Å². The molecule has 0 aromatic carbocycles. The van der Waals surface area contributed by atoms with Gasteiger partial charge in [0.1, 0.15) is 13.2 Å². The third-order valence-electron chi connectivity index (χ3n) is 12.1. The molecule has 0 aliphatic rings. The lowest BCUT2D eigenvalue weighted by atomic mass is 10.0. The predicted molar refractivity (Wildman–Crippen MR) is 270 cm³/mol. The van der Waals surface area contributed by atoms with Gasteiger partial charge in [0.15, 0.2) is 0 Å². The fourth-order valence-electron chi connectivity index (χ4n) is 7.94. The molecule has 0 bridgehead atoms. The number of nitrogens with zero attached hydrogens (tertiary/aromatic N) is 1. The normalized spacial score (nSPS) is 14.3. The van der Waals surface area contributed by atoms with Gasteiger partial charge in [-0.1, -0.05) is 237 Å². The lowest BCUT2D eigenvalue weighted by molar-refractivity contribution is -0.870. The Balaban J connectivity index is 4.20. The molecular formula is C54H105N2O6P. The van der Waals surface area contributed by atoms with Crippen molar-refractivity contribution in [2.75, 3.05) is 40.9 Å². The van der Waals surface area contributed by atoms with Crippen LogP contribution in [0.2, 0.25) is 0 Å². The summed E-state index contributed by atoms with van der Waals surface area (Å²) in [5.41, 5.74) is 0. The largest absolute Gasteiger partial charge is 0.756 e. The van der Waals surface area contributed by atoms with Gasteiger partial charge in [-0.2, -0.15) is 0 Å². The molecule has 63 heavy (non-hydrogen) atoms. The Morgan fingerprint density at radius 1 is 0.571 bits per heavy atom. The first kappa shape index (κ1) is 61.7. The smallest absolute Gasteiger partial charge is 0.268 e. The van der Waals surface area contributed by atoms with Crippen LogP contribution in [0.5, 0.6) is 0 Å². The Morgan fingerprint density at radius 3 is 1.41 bits per heavy atom. The number of hydrogen-bond acceptors (Lipinski definition) is 6. The van der Waals surface area contributed by atoms with Gasteiger partial charge in [0.25, 0.3) is 7.82 Å². The van der Waals surface area contributed by atoms with Crippen molar-refractivity contribution in [2.45, 2.75) is 264 Å². The van der Waals surface area contributed by atoms with Crippen molar-refractivity contribution in [2.24, 2.45) is 0 Å². The molecule has 9 heteroatoms. The van der Waals surface area contributed by atoms with Crippen LogP contribution >= 0.6 is 7.82 Å². The Kier molecular flexibility index (Phi) is 44.9. The van der Waals surface area contributed by atoms with Crippen LogP contribution < -0.4 is 10.2 Å². The van der Waals surface area contributed by atoms with Crippen LogP contribution in [0, 0.1) is 0 Å². The molecule has 3 unspecified atom stereocenters. The molecule has 0 aliphatic heterocycles. The van der Waals surface area contributed by atoms with E-state index in [2.05, 4.69) is 55.6 Å². The summed E-state index contributed by atoms with van der Waals surface area (Å²) in [7, 11) is 1.30. The maximum absolute atomic E-state index is 12.9. The van der Waals surface area contributed by atoms with Crippen LogP contribution in [-0.4, -0.2) is 68.5 Å². The SMILES string of the molecule is CC/C=C\C/C=C\C/C=C\CCCCCCCCCC(=O)NC(COP(=O)([O-])OCC[N+](C)(C)C)C(O)CCCCCCCCCCCCCCCCCCCCCCCCCC. The van der Waals surface area contributed by atoms with Crippen LogP contribution in [0.15, 0.2) is 36.5 Å². The number of carbonyl (C=O) groups excluding carboxylic acids is 1. The molecule has 0 radical (unpaired) electrons. The number of aliphatic hydroxyl groups excluding tert-OH is 1. The number of hydrogen-bond donors (Lipinski definition) is 2. The number of phosphoric ester groups is 1. The van der Waals surface area contributed by atoms with Crippen molar-refractivity contribution in [1.82, 2.24) is 5.32 Å². The van der Waals surface area contributed by atoms with Crippen LogP contribution in [-0.2, 0) is 18.4 Å². The number of likely N-dealkylation sites (N-methyl/N-ethyl adjacent to an activating group) is 1. The molecule has 3 atom stereocenters.